The predicted molar refractivity (Wildman–Crippen MR) is 81.8 cm³/mol. The third-order valence-corrected chi connectivity index (χ3v) is 5.31. The molecule has 3 heterocycles. The van der Waals surface area contributed by atoms with E-state index in [-0.39, 0.29) is 11.4 Å². The summed E-state index contributed by atoms with van der Waals surface area (Å²) in [4.78, 5) is 19.5. The lowest BCUT2D eigenvalue weighted by Crippen LogP contribution is -2.38. The summed E-state index contributed by atoms with van der Waals surface area (Å²) in [5.41, 5.74) is 0.352. The molecule has 0 amide bonds. The highest BCUT2D eigenvalue weighted by Gasteiger charge is 2.28. The van der Waals surface area contributed by atoms with Gasteiger partial charge >= 0.3 is 5.97 Å². The van der Waals surface area contributed by atoms with Crippen LogP contribution in [-0.4, -0.2) is 44.3 Å². The van der Waals surface area contributed by atoms with Crippen molar-refractivity contribution >= 4 is 27.2 Å². The van der Waals surface area contributed by atoms with Gasteiger partial charge in [-0.2, -0.15) is 0 Å². The topological polar surface area (TPSA) is 92.6 Å². The van der Waals surface area contributed by atoms with Crippen LogP contribution in [0.5, 0.6) is 5.88 Å². The Morgan fingerprint density at radius 1 is 1.45 bits per heavy atom. The smallest absolute Gasteiger partial charge is 0.337 e. The molecular formula is C14H13N3O4S. The molecule has 0 saturated carbocycles. The number of carboxylic acids is 1. The van der Waals surface area contributed by atoms with Crippen LogP contribution in [0, 0.1) is 0 Å². The van der Waals surface area contributed by atoms with Crippen LogP contribution < -0.4 is 9.04 Å². The lowest BCUT2D eigenvalue weighted by Gasteiger charge is -2.32. The third kappa shape index (κ3) is 2.37. The summed E-state index contributed by atoms with van der Waals surface area (Å²) in [5, 5.41) is 9.10. The zero-order valence-corrected chi connectivity index (χ0v) is 12.3. The van der Waals surface area contributed by atoms with Gasteiger partial charge in [-0.15, -0.1) is 0 Å². The van der Waals surface area contributed by atoms with Crippen molar-refractivity contribution < 1.29 is 18.8 Å². The van der Waals surface area contributed by atoms with Crippen molar-refractivity contribution in [2.45, 2.75) is 4.90 Å². The molecule has 1 unspecified atom stereocenters. The molecule has 2 aromatic rings. The second-order valence-corrected chi connectivity index (χ2v) is 6.83. The van der Waals surface area contributed by atoms with Crippen molar-refractivity contribution in [3.63, 3.8) is 0 Å². The van der Waals surface area contributed by atoms with E-state index in [9.17, 15) is 9.00 Å². The number of carbonyl (C=O) groups is 1. The number of hydrogen-bond acceptors (Lipinski definition) is 5. The largest absolute Gasteiger partial charge is 0.478 e. The third-order valence-electron chi connectivity index (χ3n) is 3.24. The van der Waals surface area contributed by atoms with E-state index in [0.29, 0.717) is 23.7 Å². The molecular weight excluding hydrogens is 306 g/mol. The Bertz CT molecular complexity index is 821. The minimum atomic E-state index is -2.86. The van der Waals surface area contributed by atoms with Crippen LogP contribution in [0.2, 0.25) is 0 Å². The van der Waals surface area contributed by atoms with Gasteiger partial charge < -0.3 is 9.84 Å². The molecule has 1 atom stereocenters. The molecule has 2 aromatic heterocycles. The van der Waals surface area contributed by atoms with Crippen molar-refractivity contribution in [3.8, 4) is 5.88 Å². The van der Waals surface area contributed by atoms with Gasteiger partial charge in [0.2, 0.25) is 5.88 Å². The van der Waals surface area contributed by atoms with Gasteiger partial charge in [-0.25, -0.2) is 14.0 Å². The van der Waals surface area contributed by atoms with Crippen LogP contribution in [0.15, 0.2) is 41.7 Å². The number of nitrogens with zero attached hydrogens (tertiary/aromatic N) is 3. The maximum atomic E-state index is 13.1. The number of aromatic carboxylic acids is 1. The Labute approximate surface area is 127 Å². The molecule has 3 rings (SSSR count). The number of pyridine rings is 2. The van der Waals surface area contributed by atoms with Crippen LogP contribution >= 0.6 is 0 Å². The maximum Gasteiger partial charge on any atom is 0.337 e. The van der Waals surface area contributed by atoms with E-state index in [2.05, 4.69) is 15.8 Å². The summed E-state index contributed by atoms with van der Waals surface area (Å²) in [6, 6.07) is 4.74. The van der Waals surface area contributed by atoms with Gasteiger partial charge in [0.15, 0.2) is 0 Å². The lowest BCUT2D eigenvalue weighted by molar-refractivity contribution is 0.0696. The zero-order valence-electron chi connectivity index (χ0n) is 11.5. The lowest BCUT2D eigenvalue weighted by atomic mass is 10.2. The molecule has 1 aliphatic heterocycles. The molecule has 8 heteroatoms. The van der Waals surface area contributed by atoms with E-state index in [4.69, 9.17) is 9.84 Å². The fourth-order valence-corrected chi connectivity index (χ4v) is 3.75. The second-order valence-electron chi connectivity index (χ2n) is 4.63. The van der Waals surface area contributed by atoms with E-state index in [1.54, 1.807) is 18.3 Å². The first-order valence-corrected chi connectivity index (χ1v) is 8.09. The first-order valence-electron chi connectivity index (χ1n) is 6.41. The molecule has 0 saturated heterocycles. The molecule has 1 N–H and O–H groups in total. The summed E-state index contributed by atoms with van der Waals surface area (Å²) in [7, 11) is -2.86. The standard InChI is InChI=1S/C14H13N3O4S/c1-22(20,11-3-2-4-15-9-11)17-5-6-21-13-12(17)7-10(8-16-13)14(18)19/h2-4,7-9H,1,5-6H2,(H,18,19). The predicted octanol–water partition coefficient (Wildman–Crippen LogP) is 1.06. The molecule has 0 aliphatic carbocycles. The maximum absolute atomic E-state index is 13.1. The Morgan fingerprint density at radius 3 is 2.95 bits per heavy atom. The van der Waals surface area contributed by atoms with Crippen LogP contribution in [-0.2, 0) is 9.71 Å². The molecule has 7 nitrogen and oxygen atoms in total. The van der Waals surface area contributed by atoms with E-state index in [0.717, 1.165) is 0 Å². The van der Waals surface area contributed by atoms with Crippen molar-refractivity contribution in [1.29, 1.82) is 0 Å². The highest BCUT2D eigenvalue weighted by Crippen LogP contribution is 2.34. The molecule has 0 spiro atoms. The van der Waals surface area contributed by atoms with E-state index in [1.807, 2.05) is 0 Å². The highest BCUT2D eigenvalue weighted by molar-refractivity contribution is 8.01. The molecule has 0 aromatic carbocycles. The average molecular weight is 319 g/mol. The molecule has 0 bridgehead atoms. The molecule has 0 fully saturated rings. The number of rotatable bonds is 3. The number of aromatic nitrogens is 2. The number of hydrogen-bond donors (Lipinski definition) is 1. The van der Waals surface area contributed by atoms with E-state index < -0.39 is 15.7 Å². The Hall–Kier alpha value is -2.61. The number of ether oxygens (including phenoxy) is 1. The number of anilines is 1. The minimum absolute atomic E-state index is 0.00404. The Balaban J connectivity index is 2.12. The van der Waals surface area contributed by atoms with Gasteiger partial charge in [-0.1, -0.05) is 0 Å². The van der Waals surface area contributed by atoms with Gasteiger partial charge in [0, 0.05) is 18.6 Å². The van der Waals surface area contributed by atoms with Crippen molar-refractivity contribution in [2.75, 3.05) is 17.5 Å². The van der Waals surface area contributed by atoms with Crippen LogP contribution in [0.3, 0.4) is 0 Å². The van der Waals surface area contributed by atoms with E-state index in [1.165, 1.54) is 22.8 Å². The SMILES string of the molecule is C=S(=O)(c1cccnc1)N1CCOc2ncc(C(=O)O)cc21. The van der Waals surface area contributed by atoms with Crippen LogP contribution in [0.25, 0.3) is 0 Å². The minimum Gasteiger partial charge on any atom is -0.478 e. The number of carboxylic acid groups (broad SMARTS) is 1. The summed E-state index contributed by atoms with van der Waals surface area (Å²) < 4.78 is 20.1. The average Bonchev–Trinajstić information content (AvgIpc) is 2.54. The summed E-state index contributed by atoms with van der Waals surface area (Å²) in [5.74, 6) is 2.95. The van der Waals surface area contributed by atoms with Crippen LogP contribution in [0.1, 0.15) is 10.4 Å². The quantitative estimate of drug-likeness (QED) is 0.851. The summed E-state index contributed by atoms with van der Waals surface area (Å²) in [6.45, 7) is 0.605. The van der Waals surface area contributed by atoms with Crippen molar-refractivity contribution in [1.82, 2.24) is 9.97 Å². The van der Waals surface area contributed by atoms with Crippen molar-refractivity contribution in [2.24, 2.45) is 0 Å². The summed E-state index contributed by atoms with van der Waals surface area (Å²) >= 11 is 0. The van der Waals surface area contributed by atoms with Crippen LogP contribution in [0.4, 0.5) is 5.69 Å². The van der Waals surface area contributed by atoms with Gasteiger partial charge in [-0.05, 0) is 24.1 Å². The molecule has 22 heavy (non-hydrogen) atoms. The van der Waals surface area contributed by atoms with Gasteiger partial charge in [0.25, 0.3) is 0 Å². The van der Waals surface area contributed by atoms with Crippen molar-refractivity contribution in [3.05, 3.63) is 42.4 Å². The Kier molecular flexibility index (Phi) is 3.45. The summed E-state index contributed by atoms with van der Waals surface area (Å²) in [6.07, 6.45) is 4.27. The first-order chi connectivity index (χ1) is 10.5. The molecule has 1 aliphatic rings. The number of fused-ring (bicyclic) bond motifs is 1. The normalized spacial score (nSPS) is 16.3. The fourth-order valence-electron chi connectivity index (χ4n) is 2.16. The second kappa shape index (κ2) is 5.30. The van der Waals surface area contributed by atoms with Gasteiger partial charge in [-0.3, -0.25) is 9.29 Å². The molecule has 114 valence electrons. The van der Waals surface area contributed by atoms with Gasteiger partial charge in [0.05, 0.1) is 26.7 Å². The first kappa shape index (κ1) is 14.3. The highest BCUT2D eigenvalue weighted by atomic mass is 32.2. The molecule has 0 radical (unpaired) electrons. The van der Waals surface area contributed by atoms with Gasteiger partial charge in [0.1, 0.15) is 12.3 Å². The monoisotopic (exact) mass is 319 g/mol. The zero-order chi connectivity index (χ0) is 15.7. The fraction of sp³-hybridized carbons (Fsp3) is 0.143. The Morgan fingerprint density at radius 2 is 2.27 bits per heavy atom. The van der Waals surface area contributed by atoms with E-state index >= 15 is 0 Å².